The summed E-state index contributed by atoms with van der Waals surface area (Å²) in [7, 11) is 0. The summed E-state index contributed by atoms with van der Waals surface area (Å²) < 4.78 is 14.2. The fraction of sp³-hybridized carbons (Fsp3) is 0.250. The van der Waals surface area contributed by atoms with Gasteiger partial charge in [-0.25, -0.2) is 4.39 Å². The van der Waals surface area contributed by atoms with Gasteiger partial charge in [-0.3, -0.25) is 0 Å². The van der Waals surface area contributed by atoms with Gasteiger partial charge in [0.05, 0.1) is 4.83 Å². The van der Waals surface area contributed by atoms with E-state index in [9.17, 15) is 4.39 Å². The van der Waals surface area contributed by atoms with E-state index in [0.29, 0.717) is 16.1 Å². The minimum atomic E-state index is -0.237. The lowest BCUT2D eigenvalue weighted by molar-refractivity contribution is 0.604. The molecule has 0 saturated carbocycles. The number of alkyl halides is 1. The van der Waals surface area contributed by atoms with Crippen LogP contribution in [0.3, 0.4) is 0 Å². The molecule has 0 heterocycles. The first-order chi connectivity index (χ1) is 8.91. The van der Waals surface area contributed by atoms with Crippen LogP contribution in [0.2, 0.25) is 5.02 Å². The van der Waals surface area contributed by atoms with E-state index in [0.717, 1.165) is 16.7 Å². The van der Waals surface area contributed by atoms with Crippen LogP contribution in [0.4, 0.5) is 4.39 Å². The Balaban J connectivity index is 2.53. The van der Waals surface area contributed by atoms with Crippen LogP contribution in [0.15, 0.2) is 30.3 Å². The predicted molar refractivity (Wildman–Crippen MR) is 82.8 cm³/mol. The van der Waals surface area contributed by atoms with Crippen LogP contribution in [-0.2, 0) is 0 Å². The number of halogens is 3. The van der Waals surface area contributed by atoms with Crippen LogP contribution in [0.5, 0.6) is 0 Å². The van der Waals surface area contributed by atoms with E-state index in [2.05, 4.69) is 15.9 Å². The summed E-state index contributed by atoms with van der Waals surface area (Å²) in [6.07, 6.45) is 0. The van der Waals surface area contributed by atoms with Crippen LogP contribution in [0, 0.1) is 26.6 Å². The summed E-state index contributed by atoms with van der Waals surface area (Å²) in [5.74, 6) is -0.182. The van der Waals surface area contributed by atoms with E-state index in [1.54, 1.807) is 19.1 Å². The highest BCUT2D eigenvalue weighted by atomic mass is 79.9. The first kappa shape index (κ1) is 14.5. The zero-order valence-electron chi connectivity index (χ0n) is 11.1. The SMILES string of the molecule is Cc1cc(Cl)c(C(Br)c2cccc(C)c2F)cc1C. The molecule has 0 bridgehead atoms. The first-order valence-corrected chi connectivity index (χ1v) is 7.37. The molecule has 2 aromatic rings. The van der Waals surface area contributed by atoms with Gasteiger partial charge < -0.3 is 0 Å². The molecule has 100 valence electrons. The second-order valence-electron chi connectivity index (χ2n) is 4.80. The summed E-state index contributed by atoms with van der Waals surface area (Å²) in [5.41, 5.74) is 4.44. The van der Waals surface area contributed by atoms with Crippen molar-refractivity contribution < 1.29 is 4.39 Å². The van der Waals surface area contributed by atoms with E-state index < -0.39 is 0 Å². The zero-order valence-corrected chi connectivity index (χ0v) is 13.4. The Bertz CT molecular complexity index is 622. The molecular formula is C16H15BrClF. The highest BCUT2D eigenvalue weighted by Gasteiger charge is 2.19. The lowest BCUT2D eigenvalue weighted by Gasteiger charge is -2.16. The Morgan fingerprint density at radius 3 is 2.32 bits per heavy atom. The molecule has 0 amide bonds. The third-order valence-corrected chi connectivity index (χ3v) is 4.69. The number of hydrogen-bond donors (Lipinski definition) is 0. The van der Waals surface area contributed by atoms with Gasteiger partial charge in [-0.1, -0.05) is 51.8 Å². The molecule has 1 atom stereocenters. The van der Waals surface area contributed by atoms with Crippen molar-refractivity contribution in [2.24, 2.45) is 0 Å². The molecule has 2 aromatic carbocycles. The minimum Gasteiger partial charge on any atom is -0.206 e. The molecule has 0 aliphatic heterocycles. The van der Waals surface area contributed by atoms with Crippen molar-refractivity contribution in [3.63, 3.8) is 0 Å². The molecule has 0 N–H and O–H groups in total. The highest BCUT2D eigenvalue weighted by Crippen LogP contribution is 2.38. The summed E-state index contributed by atoms with van der Waals surface area (Å²) in [6.45, 7) is 5.81. The van der Waals surface area contributed by atoms with Gasteiger partial charge in [-0.05, 0) is 49.1 Å². The maximum absolute atomic E-state index is 14.2. The lowest BCUT2D eigenvalue weighted by Crippen LogP contribution is -2.00. The van der Waals surface area contributed by atoms with Crippen LogP contribution in [-0.4, -0.2) is 0 Å². The van der Waals surface area contributed by atoms with Crippen molar-refractivity contribution in [1.29, 1.82) is 0 Å². The Morgan fingerprint density at radius 1 is 1.00 bits per heavy atom. The summed E-state index contributed by atoms with van der Waals surface area (Å²) in [6, 6.07) is 9.35. The Labute approximate surface area is 126 Å². The Hall–Kier alpha value is -0.860. The fourth-order valence-electron chi connectivity index (χ4n) is 2.03. The van der Waals surface area contributed by atoms with Gasteiger partial charge in [0.25, 0.3) is 0 Å². The van der Waals surface area contributed by atoms with Gasteiger partial charge in [0, 0.05) is 10.6 Å². The molecule has 0 aromatic heterocycles. The molecule has 3 heteroatoms. The number of rotatable bonds is 2. The molecule has 0 saturated heterocycles. The van der Waals surface area contributed by atoms with Crippen LogP contribution in [0.1, 0.15) is 32.6 Å². The van der Waals surface area contributed by atoms with Gasteiger partial charge in [0.2, 0.25) is 0 Å². The number of aryl methyl sites for hydroxylation is 3. The third-order valence-electron chi connectivity index (χ3n) is 3.38. The van der Waals surface area contributed by atoms with Crippen LogP contribution in [0.25, 0.3) is 0 Å². The Kier molecular flexibility index (Phi) is 4.32. The largest absolute Gasteiger partial charge is 0.206 e. The smallest absolute Gasteiger partial charge is 0.130 e. The van der Waals surface area contributed by atoms with E-state index in [1.165, 1.54) is 0 Å². The average Bonchev–Trinajstić information content (AvgIpc) is 2.36. The molecule has 0 radical (unpaired) electrons. The zero-order chi connectivity index (χ0) is 14.2. The maximum Gasteiger partial charge on any atom is 0.130 e. The van der Waals surface area contributed by atoms with E-state index in [4.69, 9.17) is 11.6 Å². The van der Waals surface area contributed by atoms with Crippen molar-refractivity contribution in [3.05, 3.63) is 69.0 Å². The maximum atomic E-state index is 14.2. The summed E-state index contributed by atoms with van der Waals surface area (Å²) in [4.78, 5) is -0.237. The molecule has 0 spiro atoms. The number of benzene rings is 2. The van der Waals surface area contributed by atoms with Crippen LogP contribution >= 0.6 is 27.5 Å². The molecule has 19 heavy (non-hydrogen) atoms. The van der Waals surface area contributed by atoms with Gasteiger partial charge in [0.1, 0.15) is 5.82 Å². The second-order valence-corrected chi connectivity index (χ2v) is 6.12. The topological polar surface area (TPSA) is 0 Å². The van der Waals surface area contributed by atoms with Crippen molar-refractivity contribution in [1.82, 2.24) is 0 Å². The van der Waals surface area contributed by atoms with Crippen molar-refractivity contribution in [2.75, 3.05) is 0 Å². The van der Waals surface area contributed by atoms with Crippen molar-refractivity contribution in [2.45, 2.75) is 25.6 Å². The van der Waals surface area contributed by atoms with Gasteiger partial charge in [-0.2, -0.15) is 0 Å². The minimum absolute atomic E-state index is 0.182. The first-order valence-electron chi connectivity index (χ1n) is 6.07. The van der Waals surface area contributed by atoms with Crippen molar-refractivity contribution >= 4 is 27.5 Å². The highest BCUT2D eigenvalue weighted by molar-refractivity contribution is 9.09. The second kappa shape index (κ2) is 5.64. The average molecular weight is 342 g/mol. The Morgan fingerprint density at radius 2 is 1.63 bits per heavy atom. The fourth-order valence-corrected chi connectivity index (χ4v) is 3.22. The molecule has 1 unspecified atom stereocenters. The van der Waals surface area contributed by atoms with Crippen LogP contribution < -0.4 is 0 Å². The normalized spacial score (nSPS) is 12.5. The molecule has 0 aliphatic rings. The quantitative estimate of drug-likeness (QED) is 0.598. The van der Waals surface area contributed by atoms with Gasteiger partial charge >= 0.3 is 0 Å². The third kappa shape index (κ3) is 2.85. The summed E-state index contributed by atoms with van der Waals surface area (Å²) >= 11 is 9.85. The van der Waals surface area contributed by atoms with E-state index in [1.807, 2.05) is 32.0 Å². The lowest BCUT2D eigenvalue weighted by atomic mass is 9.99. The monoisotopic (exact) mass is 340 g/mol. The van der Waals surface area contributed by atoms with Gasteiger partial charge in [-0.15, -0.1) is 0 Å². The molecule has 0 fully saturated rings. The molecule has 0 nitrogen and oxygen atoms in total. The standard InChI is InChI=1S/C16H15BrClF/c1-9-5-4-6-12(16(9)19)15(17)13-7-10(2)11(3)8-14(13)18/h4-8,15H,1-3H3. The molecule has 0 aliphatic carbocycles. The summed E-state index contributed by atoms with van der Waals surface area (Å²) in [5, 5.41) is 0.658. The molecule has 2 rings (SSSR count). The molecular weight excluding hydrogens is 327 g/mol. The van der Waals surface area contributed by atoms with E-state index >= 15 is 0 Å². The predicted octanol–water partition coefficient (Wildman–Crippen LogP) is 5.89. The van der Waals surface area contributed by atoms with E-state index in [-0.39, 0.29) is 10.6 Å². The number of hydrogen-bond acceptors (Lipinski definition) is 0. The van der Waals surface area contributed by atoms with Crippen molar-refractivity contribution in [3.8, 4) is 0 Å². The van der Waals surface area contributed by atoms with Gasteiger partial charge in [0.15, 0.2) is 0 Å².